The molecule has 0 amide bonds. The molecule has 0 radical (unpaired) electrons. The number of hydrogen-bond acceptors (Lipinski definition) is 1. The van der Waals surface area contributed by atoms with Crippen molar-refractivity contribution in [2.75, 3.05) is 13.2 Å². The fraction of sp³-hybridized carbons (Fsp3) is 0.647. The summed E-state index contributed by atoms with van der Waals surface area (Å²) < 4.78 is 5.41. The fourth-order valence-electron chi connectivity index (χ4n) is 3.14. The Balaban J connectivity index is 1.71. The van der Waals surface area contributed by atoms with Crippen LogP contribution < -0.4 is 0 Å². The lowest BCUT2D eigenvalue weighted by molar-refractivity contribution is 0.136. The molecule has 0 bridgehead atoms. The van der Waals surface area contributed by atoms with E-state index in [4.69, 9.17) is 16.3 Å². The minimum absolute atomic E-state index is 0.750. The maximum Gasteiger partial charge on any atom is 0.0465 e. The molecule has 0 unspecified atom stereocenters. The maximum atomic E-state index is 5.94. The Hall–Kier alpha value is -0.530. The lowest BCUT2D eigenvalue weighted by Gasteiger charge is -2.28. The van der Waals surface area contributed by atoms with Crippen molar-refractivity contribution in [1.82, 2.24) is 0 Å². The van der Waals surface area contributed by atoms with E-state index in [0.717, 1.165) is 30.1 Å². The van der Waals surface area contributed by atoms with Gasteiger partial charge < -0.3 is 4.74 Å². The van der Waals surface area contributed by atoms with E-state index in [1.165, 1.54) is 44.1 Å². The normalized spacial score (nSPS) is 23.5. The Morgan fingerprint density at radius 1 is 1.11 bits per heavy atom. The van der Waals surface area contributed by atoms with Gasteiger partial charge >= 0.3 is 0 Å². The van der Waals surface area contributed by atoms with Gasteiger partial charge in [-0.3, -0.25) is 0 Å². The van der Waals surface area contributed by atoms with Crippen molar-refractivity contribution in [1.29, 1.82) is 0 Å². The molecule has 1 aromatic carbocycles. The summed E-state index contributed by atoms with van der Waals surface area (Å²) in [6.45, 7) is 3.86. The fourth-order valence-corrected chi connectivity index (χ4v) is 3.26. The molecular formula is C17H25ClO. The summed E-state index contributed by atoms with van der Waals surface area (Å²) >= 11 is 5.94. The predicted octanol–water partition coefficient (Wildman–Crippen LogP) is 5.43. The predicted molar refractivity (Wildman–Crippen MR) is 81.9 cm³/mol. The van der Waals surface area contributed by atoms with Crippen LogP contribution in [0.4, 0.5) is 0 Å². The zero-order chi connectivity index (χ0) is 13.5. The van der Waals surface area contributed by atoms with Crippen LogP contribution in [-0.2, 0) is 4.74 Å². The highest BCUT2D eigenvalue weighted by molar-refractivity contribution is 6.30. The average Bonchev–Trinajstić information content (AvgIpc) is 2.45. The molecule has 19 heavy (non-hydrogen) atoms. The quantitative estimate of drug-likeness (QED) is 0.631. The molecule has 106 valence electrons. The highest BCUT2D eigenvalue weighted by Crippen LogP contribution is 2.37. The molecule has 0 saturated heterocycles. The van der Waals surface area contributed by atoms with Gasteiger partial charge in [-0.2, -0.15) is 0 Å². The van der Waals surface area contributed by atoms with Crippen molar-refractivity contribution in [3.63, 3.8) is 0 Å². The Morgan fingerprint density at radius 3 is 2.42 bits per heavy atom. The van der Waals surface area contributed by atoms with Crippen LogP contribution in [0.15, 0.2) is 24.3 Å². The van der Waals surface area contributed by atoms with Crippen molar-refractivity contribution < 1.29 is 4.74 Å². The monoisotopic (exact) mass is 280 g/mol. The SMILES string of the molecule is CCOCCCC1CCC(c2ccc(Cl)cc2)CC1. The van der Waals surface area contributed by atoms with Gasteiger partial charge in [-0.15, -0.1) is 0 Å². The van der Waals surface area contributed by atoms with Crippen molar-refractivity contribution in [2.45, 2.75) is 51.4 Å². The second-order valence-corrected chi connectivity index (χ2v) is 6.04. The zero-order valence-corrected chi connectivity index (χ0v) is 12.7. The third-order valence-corrected chi connectivity index (χ3v) is 4.55. The molecular weight excluding hydrogens is 256 g/mol. The summed E-state index contributed by atoms with van der Waals surface area (Å²) in [4.78, 5) is 0. The number of benzene rings is 1. The van der Waals surface area contributed by atoms with Gasteiger partial charge in [0.2, 0.25) is 0 Å². The van der Waals surface area contributed by atoms with Crippen LogP contribution >= 0.6 is 11.6 Å². The average molecular weight is 281 g/mol. The van der Waals surface area contributed by atoms with E-state index in [0.29, 0.717) is 0 Å². The van der Waals surface area contributed by atoms with Crippen molar-refractivity contribution in [2.24, 2.45) is 5.92 Å². The van der Waals surface area contributed by atoms with Gasteiger partial charge in [-0.1, -0.05) is 23.7 Å². The minimum Gasteiger partial charge on any atom is -0.382 e. The summed E-state index contributed by atoms with van der Waals surface area (Å²) in [7, 11) is 0. The highest BCUT2D eigenvalue weighted by atomic mass is 35.5. The Bertz CT molecular complexity index is 352. The Morgan fingerprint density at radius 2 is 1.79 bits per heavy atom. The van der Waals surface area contributed by atoms with E-state index < -0.39 is 0 Å². The molecule has 0 aromatic heterocycles. The topological polar surface area (TPSA) is 9.23 Å². The van der Waals surface area contributed by atoms with Gasteiger partial charge in [0.1, 0.15) is 0 Å². The van der Waals surface area contributed by atoms with Crippen molar-refractivity contribution in [3.05, 3.63) is 34.9 Å². The third kappa shape index (κ3) is 4.81. The molecule has 2 heteroatoms. The van der Waals surface area contributed by atoms with Crippen LogP contribution in [0.3, 0.4) is 0 Å². The minimum atomic E-state index is 0.750. The zero-order valence-electron chi connectivity index (χ0n) is 11.9. The largest absolute Gasteiger partial charge is 0.382 e. The van der Waals surface area contributed by atoms with Gasteiger partial charge in [0.05, 0.1) is 0 Å². The standard InChI is InChI=1S/C17H25ClO/c1-2-19-13-3-4-14-5-7-15(8-6-14)16-9-11-17(18)12-10-16/h9-12,14-15H,2-8,13H2,1H3. The molecule has 2 rings (SSSR count). The first-order valence-corrected chi connectivity index (χ1v) is 8.00. The van der Waals surface area contributed by atoms with E-state index in [-0.39, 0.29) is 0 Å². The van der Waals surface area contributed by atoms with Gasteiger partial charge in [-0.05, 0) is 75.0 Å². The highest BCUT2D eigenvalue weighted by Gasteiger charge is 2.21. The van der Waals surface area contributed by atoms with Crippen molar-refractivity contribution >= 4 is 11.6 Å². The van der Waals surface area contributed by atoms with Crippen LogP contribution in [0.5, 0.6) is 0 Å². The first-order valence-electron chi connectivity index (χ1n) is 7.62. The van der Waals surface area contributed by atoms with E-state index in [1.54, 1.807) is 0 Å². The molecule has 1 nitrogen and oxygen atoms in total. The van der Waals surface area contributed by atoms with Crippen LogP contribution in [0, 0.1) is 5.92 Å². The summed E-state index contributed by atoms with van der Waals surface area (Å²) in [5.41, 5.74) is 1.47. The van der Waals surface area contributed by atoms with Gasteiger partial charge in [0, 0.05) is 18.2 Å². The molecule has 1 aromatic rings. The molecule has 1 saturated carbocycles. The molecule has 0 N–H and O–H groups in total. The van der Waals surface area contributed by atoms with Crippen LogP contribution in [-0.4, -0.2) is 13.2 Å². The van der Waals surface area contributed by atoms with Crippen LogP contribution in [0.2, 0.25) is 5.02 Å². The maximum absolute atomic E-state index is 5.94. The molecule has 1 fully saturated rings. The molecule has 0 spiro atoms. The van der Waals surface area contributed by atoms with E-state index >= 15 is 0 Å². The number of ether oxygens (including phenoxy) is 1. The van der Waals surface area contributed by atoms with E-state index in [1.807, 2.05) is 12.1 Å². The second-order valence-electron chi connectivity index (χ2n) is 5.61. The van der Waals surface area contributed by atoms with Gasteiger partial charge in [0.25, 0.3) is 0 Å². The number of hydrogen-bond donors (Lipinski definition) is 0. The second kappa shape index (κ2) is 7.91. The molecule has 0 atom stereocenters. The first kappa shape index (κ1) is 14.9. The summed E-state index contributed by atoms with van der Waals surface area (Å²) in [6.07, 6.45) is 7.98. The van der Waals surface area contributed by atoms with Gasteiger partial charge in [-0.25, -0.2) is 0 Å². The molecule has 1 aliphatic carbocycles. The number of rotatable bonds is 6. The third-order valence-electron chi connectivity index (χ3n) is 4.29. The smallest absolute Gasteiger partial charge is 0.0465 e. The molecule has 1 aliphatic rings. The van der Waals surface area contributed by atoms with Gasteiger partial charge in [0.15, 0.2) is 0 Å². The number of halogens is 1. The van der Waals surface area contributed by atoms with E-state index in [2.05, 4.69) is 19.1 Å². The Kier molecular flexibility index (Phi) is 6.19. The lowest BCUT2D eigenvalue weighted by Crippen LogP contribution is -2.14. The molecule has 0 aliphatic heterocycles. The van der Waals surface area contributed by atoms with Crippen molar-refractivity contribution in [3.8, 4) is 0 Å². The lowest BCUT2D eigenvalue weighted by atomic mass is 9.77. The summed E-state index contributed by atoms with van der Waals surface area (Å²) in [5, 5.41) is 0.841. The van der Waals surface area contributed by atoms with Crippen LogP contribution in [0.1, 0.15) is 56.9 Å². The first-order chi connectivity index (χ1) is 9.29. The van der Waals surface area contributed by atoms with Crippen LogP contribution in [0.25, 0.3) is 0 Å². The summed E-state index contributed by atoms with van der Waals surface area (Å²) in [6, 6.07) is 8.43. The van der Waals surface area contributed by atoms with E-state index in [9.17, 15) is 0 Å². The Labute approximate surface area is 122 Å². The summed E-state index contributed by atoms with van der Waals surface area (Å²) in [5.74, 6) is 1.67. The molecule has 0 heterocycles.